The zero-order valence-electron chi connectivity index (χ0n) is 19.5. The van der Waals surface area contributed by atoms with Gasteiger partial charge in [0.1, 0.15) is 0 Å². The van der Waals surface area contributed by atoms with Crippen LogP contribution < -0.4 is 13.2 Å². The van der Waals surface area contributed by atoms with Crippen molar-refractivity contribution in [3.8, 4) is 0 Å². The zero-order valence-corrected chi connectivity index (χ0v) is 25.0. The number of rotatable bonds is 7. The molecule has 4 heterocycles. The van der Waals surface area contributed by atoms with Gasteiger partial charge in [-0.2, -0.15) is 8.42 Å². The number of thioether (sulfide) groups is 1. The van der Waals surface area contributed by atoms with Crippen molar-refractivity contribution < 1.29 is 32.5 Å². The van der Waals surface area contributed by atoms with Crippen LogP contribution in [0.3, 0.4) is 0 Å². The Labute approximate surface area is 233 Å². The molecule has 0 saturated carbocycles. The van der Waals surface area contributed by atoms with Gasteiger partial charge in [0.15, 0.2) is 0 Å². The van der Waals surface area contributed by atoms with E-state index in [4.69, 9.17) is 21.1 Å². The molecule has 0 radical (unpaired) electrons. The van der Waals surface area contributed by atoms with Crippen LogP contribution in [-0.4, -0.2) is 62.6 Å². The third kappa shape index (κ3) is 5.98. The Morgan fingerprint density at radius 2 is 2.22 bits per heavy atom. The summed E-state index contributed by atoms with van der Waals surface area (Å²) in [4.78, 5) is 4.42. The van der Waals surface area contributed by atoms with Gasteiger partial charge in [-0.1, -0.05) is 0 Å². The fourth-order valence-electron chi connectivity index (χ4n) is 3.97. The zero-order chi connectivity index (χ0) is 24.7. The molecule has 1 unspecified atom stereocenters. The summed E-state index contributed by atoms with van der Waals surface area (Å²) in [5.41, 5.74) is 2.13. The van der Waals surface area contributed by atoms with E-state index in [1.54, 1.807) is 23.1 Å². The summed E-state index contributed by atoms with van der Waals surface area (Å²) in [7, 11) is -1.89. The maximum atomic E-state index is 11.3. The molecule has 0 bridgehead atoms. The number of halogens is 1. The number of anilines is 1. The average molecular weight is 685 g/mol. The van der Waals surface area contributed by atoms with Gasteiger partial charge in [-0.15, -0.1) is 0 Å². The maximum absolute atomic E-state index is 11.3. The topological polar surface area (TPSA) is 110 Å². The monoisotopic (exact) mass is 686 g/mol. The molecule has 3 aliphatic rings. The van der Waals surface area contributed by atoms with Crippen molar-refractivity contribution in [3.63, 3.8) is 0 Å². The smallest absolute Gasteiger partial charge is 0.870 e. The summed E-state index contributed by atoms with van der Waals surface area (Å²) >= 11 is 9.13. The van der Waals surface area contributed by atoms with E-state index in [0.717, 1.165) is 27.8 Å². The summed E-state index contributed by atoms with van der Waals surface area (Å²) in [5.74, 6) is 0.687. The number of thiazole rings is 1. The minimum atomic E-state index is -4.01. The molecule has 8 nitrogen and oxygen atoms in total. The van der Waals surface area contributed by atoms with Crippen molar-refractivity contribution in [2.45, 2.75) is 28.8 Å². The molecule has 194 valence electrons. The summed E-state index contributed by atoms with van der Waals surface area (Å²) in [5, 5.41) is 2.82. The number of hydrogen-bond acceptors (Lipinski definition) is 8. The fourth-order valence-corrected chi connectivity index (χ4v) is 10.6. The van der Waals surface area contributed by atoms with Gasteiger partial charge in [0, 0.05) is 0 Å². The van der Waals surface area contributed by atoms with Crippen molar-refractivity contribution in [1.29, 1.82) is 0 Å². The molecule has 2 aromatic rings. The molecule has 0 spiro atoms. The van der Waals surface area contributed by atoms with E-state index < -0.39 is 31.0 Å². The first kappa shape index (κ1) is 28.0. The molecule has 1 fully saturated rings. The molecule has 1 aromatic heterocycles. The number of aromatic nitrogens is 1. The second-order valence-corrected chi connectivity index (χ2v) is 15.3. The van der Waals surface area contributed by atoms with E-state index in [1.165, 1.54) is 19.2 Å². The molecule has 2 N–H and O–H groups in total. The number of hydrogen-bond donors (Lipinski definition) is 1. The normalized spacial score (nSPS) is 19.9. The predicted molar refractivity (Wildman–Crippen MR) is 144 cm³/mol. The predicted octanol–water partition coefficient (Wildman–Crippen LogP) is 3.59. The molecule has 0 aliphatic carbocycles. The molecule has 36 heavy (non-hydrogen) atoms. The standard InChI is InChI=1S/C23H23ClN2O5S3Te.H2O/c1-3-14(9-20-25(2)22-19(33-20)12-17-23(35-22)31-13-30-17)10-21-26(7-4-8-34(27,28)29)16-11-15(24)5-6-18(16)32-21;/h5-6,9-12,23H,3-4,7-8,13H2,1-2H3;1H2. The van der Waals surface area contributed by atoms with Crippen LogP contribution in [0.5, 0.6) is 0 Å². The van der Waals surface area contributed by atoms with Gasteiger partial charge in [0.25, 0.3) is 0 Å². The van der Waals surface area contributed by atoms with Gasteiger partial charge < -0.3 is 5.48 Å². The first-order valence-electron chi connectivity index (χ1n) is 11.0. The van der Waals surface area contributed by atoms with Crippen molar-refractivity contribution >= 4 is 87.3 Å². The van der Waals surface area contributed by atoms with E-state index in [9.17, 15) is 13.0 Å². The number of allylic oxidation sites excluding steroid dienone is 2. The van der Waals surface area contributed by atoms with Crippen molar-refractivity contribution in [2.24, 2.45) is 7.05 Å². The molecule has 1 saturated heterocycles. The summed E-state index contributed by atoms with van der Waals surface area (Å²) in [6.07, 6.45) is 7.67. The van der Waals surface area contributed by atoms with Crippen LogP contribution in [0.4, 0.5) is 5.69 Å². The molecule has 1 aromatic carbocycles. The fraction of sp³-hybridized carbons (Fsp3) is 0.348. The quantitative estimate of drug-likeness (QED) is 0.268. The van der Waals surface area contributed by atoms with E-state index in [0.29, 0.717) is 24.8 Å². The Morgan fingerprint density at radius 3 is 2.97 bits per heavy atom. The second-order valence-electron chi connectivity index (χ2n) is 8.15. The Balaban J connectivity index is 0.00000304. The van der Waals surface area contributed by atoms with Crippen LogP contribution in [0.25, 0.3) is 12.2 Å². The Hall–Kier alpha value is -1.07. The number of ether oxygens (including phenoxy) is 2. The molecule has 1 atom stereocenters. The molecule has 13 heteroatoms. The van der Waals surface area contributed by atoms with Crippen LogP contribution in [-0.2, 0) is 26.6 Å². The van der Waals surface area contributed by atoms with Gasteiger partial charge in [0.2, 0.25) is 0 Å². The van der Waals surface area contributed by atoms with Crippen LogP contribution in [0.2, 0.25) is 5.02 Å². The van der Waals surface area contributed by atoms with Crippen LogP contribution in [0.1, 0.15) is 29.7 Å². The first-order valence-corrected chi connectivity index (χ1v) is 17.1. The average Bonchev–Trinajstić information content (AvgIpc) is 3.47. The van der Waals surface area contributed by atoms with Gasteiger partial charge in [-0.05, 0) is 0 Å². The number of nitrogens with zero attached hydrogens (tertiary/aromatic N) is 2. The van der Waals surface area contributed by atoms with Crippen molar-refractivity contribution in [1.82, 2.24) is 0 Å². The number of fused-ring (bicyclic) bond motifs is 3. The second kappa shape index (κ2) is 11.4. The summed E-state index contributed by atoms with van der Waals surface area (Å²) in [6, 6.07) is 5.75. The third-order valence-corrected chi connectivity index (χ3v) is 13.1. The van der Waals surface area contributed by atoms with E-state index >= 15 is 0 Å². The van der Waals surface area contributed by atoms with Gasteiger partial charge in [-0.3, -0.25) is 4.55 Å². The molecular formula is C23H25ClN2O6S3Te. The number of benzene rings is 1. The summed E-state index contributed by atoms with van der Waals surface area (Å²) < 4.78 is 46.9. The van der Waals surface area contributed by atoms with Crippen molar-refractivity contribution in [2.75, 3.05) is 24.0 Å². The van der Waals surface area contributed by atoms with Crippen LogP contribution >= 0.6 is 34.7 Å². The van der Waals surface area contributed by atoms with Crippen LogP contribution in [0.15, 0.2) is 45.5 Å². The Kier molecular flexibility index (Phi) is 8.81. The minimum Gasteiger partial charge on any atom is -0.870 e. The van der Waals surface area contributed by atoms with Crippen LogP contribution in [0, 0.1) is 0 Å². The van der Waals surface area contributed by atoms with E-state index in [2.05, 4.69) is 41.7 Å². The first-order chi connectivity index (χ1) is 16.7. The van der Waals surface area contributed by atoms with Gasteiger partial charge in [-0.25, -0.2) is 0 Å². The SMILES string of the molecule is CCC(=Cc1sc2c([n+]1C)[Te]C1OCOC1=C2)C=C1Sc2ccc(Cl)cc2N1CCCS(=O)(=O)O.[OH-]. The van der Waals surface area contributed by atoms with Gasteiger partial charge >= 0.3 is 217 Å². The summed E-state index contributed by atoms with van der Waals surface area (Å²) in [6.45, 7) is 2.95. The van der Waals surface area contributed by atoms with E-state index in [1.807, 2.05) is 18.2 Å². The molecule has 0 amide bonds. The molecular weight excluding hydrogens is 660 g/mol. The Morgan fingerprint density at radius 1 is 1.42 bits per heavy atom. The molecule has 5 rings (SSSR count). The molecule has 3 aliphatic heterocycles. The van der Waals surface area contributed by atoms with Crippen molar-refractivity contribution in [3.05, 3.63) is 55.5 Å². The van der Waals surface area contributed by atoms with Gasteiger partial charge in [0.05, 0.1) is 0 Å². The minimum absolute atomic E-state index is 0. The third-order valence-electron chi connectivity index (χ3n) is 5.73. The Bertz CT molecular complexity index is 1370. The van der Waals surface area contributed by atoms with E-state index in [-0.39, 0.29) is 15.4 Å².